The second kappa shape index (κ2) is 5.06. The second-order valence-electron chi connectivity index (χ2n) is 4.55. The van der Waals surface area contributed by atoms with E-state index in [-0.39, 0.29) is 5.91 Å². The molecule has 0 spiro atoms. The Balaban J connectivity index is 1.99. The van der Waals surface area contributed by atoms with Crippen LogP contribution in [0.2, 0.25) is 5.02 Å². The zero-order chi connectivity index (χ0) is 14.1. The highest BCUT2D eigenvalue weighted by atomic mass is 35.5. The molecule has 0 atom stereocenters. The van der Waals surface area contributed by atoms with Crippen LogP contribution in [0.5, 0.6) is 5.75 Å². The number of para-hydroxylation sites is 2. The van der Waals surface area contributed by atoms with Gasteiger partial charge in [-0.1, -0.05) is 23.7 Å². The van der Waals surface area contributed by atoms with Crippen LogP contribution in [0.15, 0.2) is 42.5 Å². The van der Waals surface area contributed by atoms with E-state index in [0.29, 0.717) is 35.2 Å². The zero-order valence-electron chi connectivity index (χ0n) is 10.7. The van der Waals surface area contributed by atoms with Gasteiger partial charge in [-0.3, -0.25) is 4.79 Å². The second-order valence-corrected chi connectivity index (χ2v) is 4.98. The van der Waals surface area contributed by atoms with Crippen LogP contribution in [0.25, 0.3) is 0 Å². The van der Waals surface area contributed by atoms with Gasteiger partial charge in [-0.05, 0) is 30.3 Å². The van der Waals surface area contributed by atoms with E-state index in [1.807, 2.05) is 24.3 Å². The lowest BCUT2D eigenvalue weighted by Crippen LogP contribution is -2.37. The number of anilines is 2. The molecule has 0 bridgehead atoms. The molecule has 0 radical (unpaired) electrons. The molecule has 0 fully saturated rings. The molecule has 4 nitrogen and oxygen atoms in total. The van der Waals surface area contributed by atoms with E-state index in [0.717, 1.165) is 5.69 Å². The molecule has 0 saturated carbocycles. The molecular weight excluding hydrogens is 276 g/mol. The van der Waals surface area contributed by atoms with Crippen LogP contribution in [-0.2, 0) is 0 Å². The Labute approximate surface area is 121 Å². The summed E-state index contributed by atoms with van der Waals surface area (Å²) in [6.07, 6.45) is 0. The van der Waals surface area contributed by atoms with Crippen molar-refractivity contribution in [2.45, 2.75) is 0 Å². The van der Waals surface area contributed by atoms with Crippen LogP contribution in [0.3, 0.4) is 0 Å². The first-order valence-electron chi connectivity index (χ1n) is 6.25. The molecule has 0 aliphatic carbocycles. The predicted molar refractivity (Wildman–Crippen MR) is 79.5 cm³/mol. The third-order valence-electron chi connectivity index (χ3n) is 3.14. The topological polar surface area (TPSA) is 55.6 Å². The van der Waals surface area contributed by atoms with Gasteiger partial charge >= 0.3 is 0 Å². The summed E-state index contributed by atoms with van der Waals surface area (Å²) in [5.41, 5.74) is 7.46. The highest BCUT2D eigenvalue weighted by Gasteiger charge is 2.24. The Hall–Kier alpha value is -2.20. The number of benzene rings is 2. The lowest BCUT2D eigenvalue weighted by atomic mass is 10.1. The van der Waals surface area contributed by atoms with E-state index in [1.54, 1.807) is 23.1 Å². The minimum Gasteiger partial charge on any atom is -0.490 e. The molecule has 20 heavy (non-hydrogen) atoms. The highest BCUT2D eigenvalue weighted by Crippen LogP contribution is 2.32. The fourth-order valence-electron chi connectivity index (χ4n) is 2.27. The van der Waals surface area contributed by atoms with Crippen molar-refractivity contribution >= 4 is 28.9 Å². The number of nitrogens with two attached hydrogens (primary N) is 1. The van der Waals surface area contributed by atoms with Gasteiger partial charge in [0.05, 0.1) is 12.2 Å². The summed E-state index contributed by atoms with van der Waals surface area (Å²) in [7, 11) is 0. The maximum Gasteiger partial charge on any atom is 0.258 e. The van der Waals surface area contributed by atoms with Crippen LogP contribution in [-0.4, -0.2) is 19.1 Å². The Morgan fingerprint density at radius 2 is 2.05 bits per heavy atom. The fraction of sp³-hybridized carbons (Fsp3) is 0.133. The molecule has 3 rings (SSSR count). The van der Waals surface area contributed by atoms with E-state index < -0.39 is 0 Å². The van der Waals surface area contributed by atoms with E-state index in [9.17, 15) is 4.79 Å². The van der Waals surface area contributed by atoms with Crippen LogP contribution in [0.4, 0.5) is 11.4 Å². The summed E-state index contributed by atoms with van der Waals surface area (Å²) in [5.74, 6) is 0.581. The Bertz CT molecular complexity index is 652. The minimum absolute atomic E-state index is 0.130. The largest absolute Gasteiger partial charge is 0.490 e. The SMILES string of the molecule is Nc1cc(Cl)cc(C(=O)N2CCOc3ccccc32)c1. The van der Waals surface area contributed by atoms with Gasteiger partial charge in [0.15, 0.2) is 0 Å². The number of carbonyl (C=O) groups excluding carboxylic acids is 1. The number of carbonyl (C=O) groups is 1. The maximum absolute atomic E-state index is 12.6. The smallest absolute Gasteiger partial charge is 0.258 e. The summed E-state index contributed by atoms with van der Waals surface area (Å²) in [5, 5.41) is 0.454. The average molecular weight is 289 g/mol. The summed E-state index contributed by atoms with van der Waals surface area (Å²) in [6.45, 7) is 0.973. The molecule has 2 N–H and O–H groups in total. The number of halogens is 1. The molecular formula is C15H13ClN2O2. The van der Waals surface area contributed by atoms with Gasteiger partial charge in [0.1, 0.15) is 12.4 Å². The monoisotopic (exact) mass is 288 g/mol. The molecule has 1 heterocycles. The van der Waals surface area contributed by atoms with E-state index in [1.165, 1.54) is 0 Å². The number of nitrogen functional groups attached to an aromatic ring is 1. The third kappa shape index (κ3) is 2.30. The van der Waals surface area contributed by atoms with Crippen LogP contribution in [0.1, 0.15) is 10.4 Å². The van der Waals surface area contributed by atoms with Gasteiger partial charge < -0.3 is 15.4 Å². The van der Waals surface area contributed by atoms with E-state index >= 15 is 0 Å². The quantitative estimate of drug-likeness (QED) is 0.821. The molecule has 2 aromatic carbocycles. The number of hydrogen-bond donors (Lipinski definition) is 1. The van der Waals surface area contributed by atoms with Crippen molar-refractivity contribution in [2.24, 2.45) is 0 Å². The molecule has 0 aromatic heterocycles. The van der Waals surface area contributed by atoms with Crippen LogP contribution in [0, 0.1) is 0 Å². The number of hydrogen-bond acceptors (Lipinski definition) is 3. The molecule has 1 amide bonds. The van der Waals surface area contributed by atoms with Gasteiger partial charge in [-0.15, -0.1) is 0 Å². The number of rotatable bonds is 1. The summed E-state index contributed by atoms with van der Waals surface area (Å²) >= 11 is 5.96. The van der Waals surface area contributed by atoms with Gasteiger partial charge in [0, 0.05) is 16.3 Å². The maximum atomic E-state index is 12.6. The van der Waals surface area contributed by atoms with Crippen LogP contribution < -0.4 is 15.4 Å². The Morgan fingerprint density at radius 1 is 1.25 bits per heavy atom. The first-order chi connectivity index (χ1) is 9.65. The molecule has 0 saturated heterocycles. The van der Waals surface area contributed by atoms with Crippen molar-refractivity contribution in [3.05, 3.63) is 53.1 Å². The number of nitrogens with zero attached hydrogens (tertiary/aromatic N) is 1. The number of fused-ring (bicyclic) bond motifs is 1. The number of ether oxygens (including phenoxy) is 1. The highest BCUT2D eigenvalue weighted by molar-refractivity contribution is 6.31. The molecule has 2 aromatic rings. The summed E-state index contributed by atoms with van der Waals surface area (Å²) in [4.78, 5) is 14.3. The molecule has 0 unspecified atom stereocenters. The molecule has 1 aliphatic heterocycles. The van der Waals surface area contributed by atoms with Crippen LogP contribution >= 0.6 is 11.6 Å². The Kier molecular flexibility index (Phi) is 3.24. The standard InChI is InChI=1S/C15H13ClN2O2/c16-11-7-10(8-12(17)9-11)15(19)18-5-6-20-14-4-2-1-3-13(14)18/h1-4,7-9H,5-6,17H2. The van der Waals surface area contributed by atoms with E-state index in [2.05, 4.69) is 0 Å². The van der Waals surface area contributed by atoms with Crippen molar-refractivity contribution in [2.75, 3.05) is 23.8 Å². The molecule has 1 aliphatic rings. The van der Waals surface area contributed by atoms with E-state index in [4.69, 9.17) is 22.1 Å². The third-order valence-corrected chi connectivity index (χ3v) is 3.36. The van der Waals surface area contributed by atoms with Crippen molar-refractivity contribution in [3.8, 4) is 5.75 Å². The zero-order valence-corrected chi connectivity index (χ0v) is 11.4. The fourth-order valence-corrected chi connectivity index (χ4v) is 2.52. The van der Waals surface area contributed by atoms with Crippen molar-refractivity contribution in [1.29, 1.82) is 0 Å². The van der Waals surface area contributed by atoms with Gasteiger partial charge in [-0.25, -0.2) is 0 Å². The van der Waals surface area contributed by atoms with Crippen molar-refractivity contribution in [3.63, 3.8) is 0 Å². The molecule has 102 valence electrons. The number of amides is 1. The van der Waals surface area contributed by atoms with Gasteiger partial charge in [0.25, 0.3) is 5.91 Å². The molecule has 5 heteroatoms. The van der Waals surface area contributed by atoms with Crippen molar-refractivity contribution in [1.82, 2.24) is 0 Å². The van der Waals surface area contributed by atoms with Gasteiger partial charge in [0.2, 0.25) is 0 Å². The Morgan fingerprint density at radius 3 is 2.85 bits per heavy atom. The lowest BCUT2D eigenvalue weighted by molar-refractivity contribution is 0.0976. The van der Waals surface area contributed by atoms with Gasteiger partial charge in [-0.2, -0.15) is 0 Å². The summed E-state index contributed by atoms with van der Waals surface area (Å²) in [6, 6.07) is 12.3. The predicted octanol–water partition coefficient (Wildman–Crippen LogP) is 2.96. The van der Waals surface area contributed by atoms with Crippen molar-refractivity contribution < 1.29 is 9.53 Å². The lowest BCUT2D eigenvalue weighted by Gasteiger charge is -2.29. The normalized spacial score (nSPS) is 13.6. The first-order valence-corrected chi connectivity index (χ1v) is 6.63. The minimum atomic E-state index is -0.130. The first kappa shape index (κ1) is 12.8. The summed E-state index contributed by atoms with van der Waals surface area (Å²) < 4.78 is 5.54. The average Bonchev–Trinajstić information content (AvgIpc) is 2.45.